The number of halogens is 2. The van der Waals surface area contributed by atoms with Gasteiger partial charge in [0.05, 0.1) is 22.6 Å². The number of benzene rings is 1. The summed E-state index contributed by atoms with van der Waals surface area (Å²) in [7, 11) is 0. The first-order valence-electron chi connectivity index (χ1n) is 6.61. The van der Waals surface area contributed by atoms with Crippen LogP contribution in [0.25, 0.3) is 11.0 Å². The molecule has 2 N–H and O–H groups in total. The van der Waals surface area contributed by atoms with Gasteiger partial charge in [0.2, 0.25) is 0 Å². The monoisotopic (exact) mass is 378 g/mol. The molecule has 0 saturated carbocycles. The van der Waals surface area contributed by atoms with Crippen LogP contribution in [-0.2, 0) is 0 Å². The first-order chi connectivity index (χ1) is 10.5. The van der Waals surface area contributed by atoms with Gasteiger partial charge in [0.25, 0.3) is 5.91 Å². The summed E-state index contributed by atoms with van der Waals surface area (Å²) in [6, 6.07) is 9.06. The molecule has 0 aliphatic heterocycles. The average molecular weight is 380 g/mol. The quantitative estimate of drug-likeness (QED) is 0.679. The lowest BCUT2D eigenvalue weighted by Crippen LogP contribution is -2.27. The molecule has 0 spiro atoms. The second-order valence-corrected chi connectivity index (χ2v) is 6.10. The molecule has 0 aliphatic rings. The lowest BCUT2D eigenvalue weighted by atomic mass is 10.2. The zero-order valence-corrected chi connectivity index (χ0v) is 13.9. The van der Waals surface area contributed by atoms with E-state index in [1.807, 2.05) is 31.2 Å². The van der Waals surface area contributed by atoms with Crippen LogP contribution >= 0.6 is 27.5 Å². The Bertz CT molecular complexity index is 815. The van der Waals surface area contributed by atoms with Gasteiger partial charge in [-0.25, -0.2) is 9.97 Å². The molecule has 3 rings (SSSR count). The normalized spacial score (nSPS) is 12.3. The number of imidazole rings is 1. The van der Waals surface area contributed by atoms with Crippen LogP contribution < -0.4 is 5.32 Å². The summed E-state index contributed by atoms with van der Waals surface area (Å²) in [5, 5.41) is 3.03. The van der Waals surface area contributed by atoms with Crippen LogP contribution in [0.1, 0.15) is 29.1 Å². The van der Waals surface area contributed by atoms with Crippen molar-refractivity contribution in [2.45, 2.75) is 13.0 Å². The molecular weight excluding hydrogens is 368 g/mol. The average Bonchev–Trinajstić information content (AvgIpc) is 2.93. The second-order valence-electron chi connectivity index (χ2n) is 4.83. The minimum atomic E-state index is -0.299. The number of pyridine rings is 1. The minimum absolute atomic E-state index is 0.164. The maximum absolute atomic E-state index is 12.3. The van der Waals surface area contributed by atoms with Crippen LogP contribution in [0.5, 0.6) is 0 Å². The zero-order valence-electron chi connectivity index (χ0n) is 11.6. The van der Waals surface area contributed by atoms with Crippen LogP contribution in [0.3, 0.4) is 0 Å². The number of rotatable bonds is 3. The molecule has 112 valence electrons. The molecule has 0 radical (unpaired) electrons. The molecule has 3 aromatic rings. The number of aromatic nitrogens is 3. The predicted molar refractivity (Wildman–Crippen MR) is 88.9 cm³/mol. The predicted octanol–water partition coefficient (Wildman–Crippen LogP) is 3.86. The topological polar surface area (TPSA) is 70.7 Å². The van der Waals surface area contributed by atoms with E-state index in [-0.39, 0.29) is 17.1 Å². The van der Waals surface area contributed by atoms with Gasteiger partial charge in [-0.3, -0.25) is 4.79 Å². The van der Waals surface area contributed by atoms with E-state index in [0.29, 0.717) is 15.9 Å². The van der Waals surface area contributed by atoms with Crippen molar-refractivity contribution in [3.05, 3.63) is 57.5 Å². The number of para-hydroxylation sites is 2. The molecule has 7 heteroatoms. The summed E-state index contributed by atoms with van der Waals surface area (Å²) in [5.41, 5.74) is 2.11. The lowest BCUT2D eigenvalue weighted by Gasteiger charge is -2.12. The Labute approximate surface area is 140 Å². The van der Waals surface area contributed by atoms with Crippen molar-refractivity contribution in [1.29, 1.82) is 0 Å². The van der Waals surface area contributed by atoms with Crippen molar-refractivity contribution in [3.8, 4) is 0 Å². The number of carbonyl (C=O) groups is 1. The number of hydrogen-bond donors (Lipinski definition) is 2. The fourth-order valence-corrected chi connectivity index (χ4v) is 2.62. The molecule has 0 bridgehead atoms. The minimum Gasteiger partial charge on any atom is -0.342 e. The molecule has 1 unspecified atom stereocenters. The Hall–Kier alpha value is -1.92. The number of H-pyrrole nitrogens is 1. The summed E-state index contributed by atoms with van der Waals surface area (Å²) in [5.74, 6) is 0.389. The summed E-state index contributed by atoms with van der Waals surface area (Å²) in [6.07, 6.45) is 1.54. The standard InChI is InChI=1S/C15H12BrClN4O/c1-8(14-20-11-4-2-3-5-12(11)21-14)19-15(22)10-6-9(16)7-18-13(10)17/h2-8H,1H3,(H,19,22)(H,20,21). The molecule has 1 amide bonds. The third-order valence-corrected chi connectivity index (χ3v) is 3.95. The molecule has 2 aromatic heterocycles. The Morgan fingerprint density at radius 3 is 2.95 bits per heavy atom. The van der Waals surface area contributed by atoms with Crippen LogP contribution in [-0.4, -0.2) is 20.9 Å². The molecule has 0 fully saturated rings. The molecular formula is C15H12BrClN4O. The van der Waals surface area contributed by atoms with E-state index in [9.17, 15) is 4.79 Å². The molecule has 1 aromatic carbocycles. The molecule has 0 aliphatic carbocycles. The highest BCUT2D eigenvalue weighted by atomic mass is 79.9. The molecule has 0 saturated heterocycles. The van der Waals surface area contributed by atoms with Crippen LogP contribution in [0, 0.1) is 0 Å². The van der Waals surface area contributed by atoms with Gasteiger partial charge in [-0.05, 0) is 41.1 Å². The van der Waals surface area contributed by atoms with Gasteiger partial charge in [-0.2, -0.15) is 0 Å². The van der Waals surface area contributed by atoms with Gasteiger partial charge in [-0.1, -0.05) is 23.7 Å². The highest BCUT2D eigenvalue weighted by Gasteiger charge is 2.17. The fraction of sp³-hybridized carbons (Fsp3) is 0.133. The van der Waals surface area contributed by atoms with Crippen LogP contribution in [0.15, 0.2) is 41.0 Å². The Morgan fingerprint density at radius 1 is 1.41 bits per heavy atom. The summed E-state index contributed by atoms with van der Waals surface area (Å²) >= 11 is 9.25. The highest BCUT2D eigenvalue weighted by Crippen LogP contribution is 2.20. The third-order valence-electron chi connectivity index (χ3n) is 3.22. The number of amides is 1. The maximum atomic E-state index is 12.3. The van der Waals surface area contributed by atoms with Crippen molar-refractivity contribution in [2.75, 3.05) is 0 Å². The molecule has 5 nitrogen and oxygen atoms in total. The first kappa shape index (κ1) is 15.0. The van der Waals surface area contributed by atoms with Crippen LogP contribution in [0.4, 0.5) is 0 Å². The van der Waals surface area contributed by atoms with Crippen molar-refractivity contribution in [1.82, 2.24) is 20.3 Å². The van der Waals surface area contributed by atoms with E-state index in [2.05, 4.69) is 36.2 Å². The first-order valence-corrected chi connectivity index (χ1v) is 7.78. The largest absolute Gasteiger partial charge is 0.342 e. The van der Waals surface area contributed by atoms with Crippen molar-refractivity contribution < 1.29 is 4.79 Å². The number of hydrogen-bond acceptors (Lipinski definition) is 3. The molecule has 1 atom stereocenters. The summed E-state index contributed by atoms with van der Waals surface area (Å²) < 4.78 is 0.693. The van der Waals surface area contributed by atoms with Gasteiger partial charge in [0.1, 0.15) is 11.0 Å². The van der Waals surface area contributed by atoms with Gasteiger partial charge in [-0.15, -0.1) is 0 Å². The van der Waals surface area contributed by atoms with E-state index < -0.39 is 0 Å². The Balaban J connectivity index is 1.82. The number of carbonyl (C=O) groups excluding carboxylic acids is 1. The number of nitrogens with one attached hydrogen (secondary N) is 2. The van der Waals surface area contributed by atoms with E-state index in [4.69, 9.17) is 11.6 Å². The molecule has 22 heavy (non-hydrogen) atoms. The number of fused-ring (bicyclic) bond motifs is 1. The highest BCUT2D eigenvalue weighted by molar-refractivity contribution is 9.10. The van der Waals surface area contributed by atoms with E-state index >= 15 is 0 Å². The third kappa shape index (κ3) is 2.98. The Morgan fingerprint density at radius 2 is 2.18 bits per heavy atom. The van der Waals surface area contributed by atoms with Gasteiger partial charge in [0.15, 0.2) is 0 Å². The number of nitrogens with zero attached hydrogens (tertiary/aromatic N) is 2. The fourth-order valence-electron chi connectivity index (χ4n) is 2.10. The van der Waals surface area contributed by atoms with Crippen molar-refractivity contribution >= 4 is 44.5 Å². The van der Waals surface area contributed by atoms with Gasteiger partial charge >= 0.3 is 0 Å². The lowest BCUT2D eigenvalue weighted by molar-refractivity contribution is 0.0938. The SMILES string of the molecule is CC(NC(=O)c1cc(Br)cnc1Cl)c1nc2ccccc2[nH]1. The summed E-state index contributed by atoms with van der Waals surface area (Å²) in [4.78, 5) is 23.9. The van der Waals surface area contributed by atoms with E-state index in [1.54, 1.807) is 12.3 Å². The van der Waals surface area contributed by atoms with E-state index in [0.717, 1.165) is 11.0 Å². The summed E-state index contributed by atoms with van der Waals surface area (Å²) in [6.45, 7) is 1.86. The maximum Gasteiger partial charge on any atom is 0.255 e. The zero-order chi connectivity index (χ0) is 15.7. The van der Waals surface area contributed by atoms with E-state index in [1.165, 1.54) is 0 Å². The van der Waals surface area contributed by atoms with Crippen LogP contribution in [0.2, 0.25) is 5.15 Å². The van der Waals surface area contributed by atoms with Gasteiger partial charge < -0.3 is 10.3 Å². The van der Waals surface area contributed by atoms with Crippen molar-refractivity contribution in [2.24, 2.45) is 0 Å². The Kier molecular flexibility index (Phi) is 4.13. The smallest absolute Gasteiger partial charge is 0.255 e. The second kappa shape index (κ2) is 6.06. The van der Waals surface area contributed by atoms with Gasteiger partial charge in [0, 0.05) is 10.7 Å². The number of aromatic amines is 1. The van der Waals surface area contributed by atoms with Crippen molar-refractivity contribution in [3.63, 3.8) is 0 Å². The molecule has 2 heterocycles.